The lowest BCUT2D eigenvalue weighted by Gasteiger charge is -2.23. The van der Waals surface area contributed by atoms with Crippen LogP contribution in [0.1, 0.15) is 19.4 Å². The molecule has 1 aromatic carbocycles. The molecule has 2 aromatic heterocycles. The second-order valence-electron chi connectivity index (χ2n) is 6.31. The molecule has 0 saturated heterocycles. The SMILES string of the molecule is CNc1ncnc2c1c(-c1ccc(C)cc1)nn2C(C)(C)CN. The van der Waals surface area contributed by atoms with Gasteiger partial charge < -0.3 is 11.1 Å². The van der Waals surface area contributed by atoms with E-state index in [2.05, 4.69) is 60.3 Å². The van der Waals surface area contributed by atoms with Crippen molar-refractivity contribution in [1.82, 2.24) is 19.7 Å². The molecule has 6 heteroatoms. The number of rotatable bonds is 4. The van der Waals surface area contributed by atoms with E-state index in [1.54, 1.807) is 6.33 Å². The van der Waals surface area contributed by atoms with Gasteiger partial charge in [-0.25, -0.2) is 14.6 Å². The van der Waals surface area contributed by atoms with Gasteiger partial charge in [-0.1, -0.05) is 29.8 Å². The smallest absolute Gasteiger partial charge is 0.164 e. The Morgan fingerprint density at radius 2 is 1.87 bits per heavy atom. The minimum atomic E-state index is -0.333. The lowest BCUT2D eigenvalue weighted by molar-refractivity contribution is 0.340. The molecule has 3 rings (SSSR count). The summed E-state index contributed by atoms with van der Waals surface area (Å²) in [5, 5.41) is 8.89. The van der Waals surface area contributed by atoms with Gasteiger partial charge in [0.25, 0.3) is 0 Å². The van der Waals surface area contributed by atoms with Crippen LogP contribution in [0, 0.1) is 6.92 Å². The summed E-state index contributed by atoms with van der Waals surface area (Å²) in [4.78, 5) is 8.81. The molecular formula is C17H22N6. The zero-order valence-corrected chi connectivity index (χ0v) is 14.0. The third-order valence-electron chi connectivity index (χ3n) is 4.10. The molecule has 120 valence electrons. The van der Waals surface area contributed by atoms with Gasteiger partial charge in [0.1, 0.15) is 17.8 Å². The highest BCUT2D eigenvalue weighted by Crippen LogP contribution is 2.33. The summed E-state index contributed by atoms with van der Waals surface area (Å²) < 4.78 is 1.90. The first-order chi connectivity index (χ1) is 11.0. The van der Waals surface area contributed by atoms with Crippen LogP contribution in [-0.4, -0.2) is 33.3 Å². The Morgan fingerprint density at radius 1 is 1.17 bits per heavy atom. The Balaban J connectivity index is 2.35. The van der Waals surface area contributed by atoms with E-state index >= 15 is 0 Å². The van der Waals surface area contributed by atoms with Gasteiger partial charge in [-0.05, 0) is 20.8 Å². The highest BCUT2D eigenvalue weighted by atomic mass is 15.4. The van der Waals surface area contributed by atoms with Crippen LogP contribution in [0.5, 0.6) is 0 Å². The predicted octanol–water partition coefficient (Wildman–Crippen LogP) is 2.54. The maximum absolute atomic E-state index is 5.95. The number of nitrogens with two attached hydrogens (primary N) is 1. The molecule has 0 bridgehead atoms. The number of hydrogen-bond donors (Lipinski definition) is 2. The molecule has 0 spiro atoms. The molecule has 0 saturated carbocycles. The van der Waals surface area contributed by atoms with Gasteiger partial charge >= 0.3 is 0 Å². The van der Waals surface area contributed by atoms with Gasteiger partial charge in [0, 0.05) is 19.2 Å². The second kappa shape index (κ2) is 5.62. The molecule has 0 aliphatic heterocycles. The molecule has 0 amide bonds. The van der Waals surface area contributed by atoms with Crippen molar-refractivity contribution in [1.29, 1.82) is 0 Å². The summed E-state index contributed by atoms with van der Waals surface area (Å²) in [6.07, 6.45) is 1.55. The number of fused-ring (bicyclic) bond motifs is 1. The third-order valence-corrected chi connectivity index (χ3v) is 4.10. The van der Waals surface area contributed by atoms with Crippen molar-refractivity contribution in [3.63, 3.8) is 0 Å². The average Bonchev–Trinajstić information content (AvgIpc) is 2.96. The number of anilines is 1. The van der Waals surface area contributed by atoms with Gasteiger partial charge in [-0.2, -0.15) is 5.10 Å². The topological polar surface area (TPSA) is 81.7 Å². The van der Waals surface area contributed by atoms with Crippen molar-refractivity contribution >= 4 is 16.9 Å². The summed E-state index contributed by atoms with van der Waals surface area (Å²) in [6.45, 7) is 6.65. The fourth-order valence-corrected chi connectivity index (χ4v) is 2.56. The van der Waals surface area contributed by atoms with E-state index in [1.165, 1.54) is 5.56 Å². The lowest BCUT2D eigenvalue weighted by atomic mass is 10.1. The van der Waals surface area contributed by atoms with Crippen molar-refractivity contribution in [3.8, 4) is 11.3 Å². The number of benzene rings is 1. The fraction of sp³-hybridized carbons (Fsp3) is 0.353. The fourth-order valence-electron chi connectivity index (χ4n) is 2.56. The minimum absolute atomic E-state index is 0.333. The quantitative estimate of drug-likeness (QED) is 0.774. The molecule has 3 N–H and O–H groups in total. The van der Waals surface area contributed by atoms with Crippen LogP contribution >= 0.6 is 0 Å². The molecule has 6 nitrogen and oxygen atoms in total. The lowest BCUT2D eigenvalue weighted by Crippen LogP contribution is -2.36. The van der Waals surface area contributed by atoms with Gasteiger partial charge in [0.2, 0.25) is 0 Å². The molecule has 0 fully saturated rings. The number of aromatic nitrogens is 4. The summed E-state index contributed by atoms with van der Waals surface area (Å²) in [7, 11) is 1.85. The largest absolute Gasteiger partial charge is 0.372 e. The highest BCUT2D eigenvalue weighted by molar-refractivity contribution is 5.99. The summed E-state index contributed by atoms with van der Waals surface area (Å²) >= 11 is 0. The molecule has 23 heavy (non-hydrogen) atoms. The van der Waals surface area contributed by atoms with Crippen molar-refractivity contribution in [2.24, 2.45) is 5.73 Å². The van der Waals surface area contributed by atoms with E-state index in [0.717, 1.165) is 28.1 Å². The van der Waals surface area contributed by atoms with Crippen molar-refractivity contribution in [3.05, 3.63) is 36.2 Å². The number of hydrogen-bond acceptors (Lipinski definition) is 5. The van der Waals surface area contributed by atoms with E-state index in [4.69, 9.17) is 10.8 Å². The third kappa shape index (κ3) is 2.55. The molecule has 0 aliphatic rings. The highest BCUT2D eigenvalue weighted by Gasteiger charge is 2.26. The number of nitrogens with one attached hydrogen (secondary N) is 1. The summed E-state index contributed by atoms with van der Waals surface area (Å²) in [5.74, 6) is 0.768. The first kappa shape index (κ1) is 15.4. The van der Waals surface area contributed by atoms with Crippen molar-refractivity contribution in [2.75, 3.05) is 18.9 Å². The zero-order chi connectivity index (χ0) is 16.6. The van der Waals surface area contributed by atoms with E-state index < -0.39 is 0 Å². The van der Waals surface area contributed by atoms with Crippen LogP contribution < -0.4 is 11.1 Å². The summed E-state index contributed by atoms with van der Waals surface area (Å²) in [6, 6.07) is 8.31. The molecule has 0 aliphatic carbocycles. The van der Waals surface area contributed by atoms with Crippen LogP contribution in [-0.2, 0) is 5.54 Å². The average molecular weight is 310 g/mol. The Labute approximate surface area is 135 Å². The van der Waals surface area contributed by atoms with Crippen LogP contribution in [0.4, 0.5) is 5.82 Å². The monoisotopic (exact) mass is 310 g/mol. The van der Waals surface area contributed by atoms with Gasteiger partial charge in [0.15, 0.2) is 5.65 Å². The Kier molecular flexibility index (Phi) is 3.77. The maximum atomic E-state index is 5.95. The van der Waals surface area contributed by atoms with Crippen molar-refractivity contribution < 1.29 is 0 Å². The minimum Gasteiger partial charge on any atom is -0.372 e. The molecular weight excluding hydrogens is 288 g/mol. The first-order valence-corrected chi connectivity index (χ1v) is 7.67. The van der Waals surface area contributed by atoms with Crippen LogP contribution in [0.2, 0.25) is 0 Å². The normalized spacial score (nSPS) is 11.9. The van der Waals surface area contributed by atoms with E-state index in [1.807, 2.05) is 11.7 Å². The van der Waals surface area contributed by atoms with Crippen LogP contribution in [0.15, 0.2) is 30.6 Å². The molecule has 0 atom stereocenters. The van der Waals surface area contributed by atoms with Crippen molar-refractivity contribution in [2.45, 2.75) is 26.3 Å². The standard InChI is InChI=1S/C17H22N6/c1-11-5-7-12(8-6-11)14-13-15(19-4)20-10-21-16(13)23(22-14)17(2,3)9-18/h5-8,10H,9,18H2,1-4H3,(H,19,20,21). The summed E-state index contributed by atoms with van der Waals surface area (Å²) in [5.41, 5.74) is 9.52. The number of aryl methyl sites for hydroxylation is 1. The van der Waals surface area contributed by atoms with Gasteiger partial charge in [-0.3, -0.25) is 0 Å². The van der Waals surface area contributed by atoms with Gasteiger partial charge in [0.05, 0.1) is 10.9 Å². The molecule has 0 unspecified atom stereocenters. The van der Waals surface area contributed by atoms with E-state index in [9.17, 15) is 0 Å². The maximum Gasteiger partial charge on any atom is 0.164 e. The molecule has 3 aromatic rings. The number of nitrogens with zero attached hydrogens (tertiary/aromatic N) is 4. The Hall–Kier alpha value is -2.47. The first-order valence-electron chi connectivity index (χ1n) is 7.67. The second-order valence-corrected chi connectivity index (χ2v) is 6.31. The predicted molar refractivity (Wildman–Crippen MR) is 93.4 cm³/mol. The van der Waals surface area contributed by atoms with Crippen LogP contribution in [0.3, 0.4) is 0 Å². The molecule has 0 radical (unpaired) electrons. The van der Waals surface area contributed by atoms with E-state index in [-0.39, 0.29) is 5.54 Å². The van der Waals surface area contributed by atoms with Crippen LogP contribution in [0.25, 0.3) is 22.3 Å². The van der Waals surface area contributed by atoms with E-state index in [0.29, 0.717) is 6.54 Å². The van der Waals surface area contributed by atoms with Gasteiger partial charge in [-0.15, -0.1) is 0 Å². The Bertz CT molecular complexity index is 832. The Morgan fingerprint density at radius 3 is 2.48 bits per heavy atom. The zero-order valence-electron chi connectivity index (χ0n) is 14.0. The molecule has 2 heterocycles.